The third-order valence-corrected chi connectivity index (χ3v) is 4.60. The Morgan fingerprint density at radius 3 is 2.62 bits per heavy atom. The fourth-order valence-corrected chi connectivity index (χ4v) is 3.24. The summed E-state index contributed by atoms with van der Waals surface area (Å²) in [5, 5.41) is 4.45. The van der Waals surface area contributed by atoms with Crippen LogP contribution >= 0.6 is 23.2 Å². The van der Waals surface area contributed by atoms with E-state index in [1.54, 1.807) is 6.07 Å². The number of nitrogens with one attached hydrogen (secondary N) is 1. The monoisotopic (exact) mass is 388 g/mol. The van der Waals surface area contributed by atoms with Crippen molar-refractivity contribution in [2.75, 3.05) is 6.61 Å². The van der Waals surface area contributed by atoms with Crippen LogP contribution in [0.4, 0.5) is 0 Å². The number of hydrogen-bond acceptors (Lipinski definition) is 3. The van der Waals surface area contributed by atoms with Crippen molar-refractivity contribution >= 4 is 40.0 Å². The molecule has 0 spiro atoms. The van der Waals surface area contributed by atoms with Crippen molar-refractivity contribution < 1.29 is 9.53 Å². The Bertz CT molecular complexity index is 945. The van der Waals surface area contributed by atoms with Gasteiger partial charge in [0.05, 0.1) is 16.1 Å². The molecule has 4 nitrogen and oxygen atoms in total. The number of carbonyl (C=O) groups excluding carboxylic acids is 1. The lowest BCUT2D eigenvalue weighted by atomic mass is 10.1. The van der Waals surface area contributed by atoms with Gasteiger partial charge in [-0.1, -0.05) is 53.5 Å². The van der Waals surface area contributed by atoms with Gasteiger partial charge in [-0.15, -0.1) is 0 Å². The third-order valence-electron chi connectivity index (χ3n) is 4.00. The summed E-state index contributed by atoms with van der Waals surface area (Å²) >= 11 is 12.5. The van der Waals surface area contributed by atoms with E-state index in [4.69, 9.17) is 27.9 Å². The summed E-state index contributed by atoms with van der Waals surface area (Å²) in [6.45, 7) is 3.62. The zero-order valence-electron chi connectivity index (χ0n) is 14.4. The Balaban J connectivity index is 1.75. The summed E-state index contributed by atoms with van der Waals surface area (Å²) in [7, 11) is 0. The third kappa shape index (κ3) is 4.09. The molecule has 1 unspecified atom stereocenters. The highest BCUT2D eigenvalue weighted by molar-refractivity contribution is 6.39. The van der Waals surface area contributed by atoms with Crippen molar-refractivity contribution in [2.45, 2.75) is 19.9 Å². The maximum Gasteiger partial charge on any atom is 0.258 e. The predicted octanol–water partition coefficient (Wildman–Crippen LogP) is 5.11. The van der Waals surface area contributed by atoms with Gasteiger partial charge in [0.1, 0.15) is 5.52 Å². The lowest BCUT2D eigenvalue weighted by Gasteiger charge is -2.16. The standard InChI is InChI=1S/C20H18Cl2N2O2/c1-12-8-9-15-16(21)10-17(22)20(19(15)23-12)26-11-18(25)24-13(2)14-6-4-3-5-7-14/h3-10,13H,11H2,1-2H3,(H,24,25). The van der Waals surface area contributed by atoms with Crippen molar-refractivity contribution in [3.05, 3.63) is 69.8 Å². The van der Waals surface area contributed by atoms with Crippen LogP contribution in [-0.2, 0) is 4.79 Å². The minimum Gasteiger partial charge on any atom is -0.480 e. The number of fused-ring (bicyclic) bond motifs is 1. The molecule has 6 heteroatoms. The Morgan fingerprint density at radius 1 is 1.15 bits per heavy atom. The van der Waals surface area contributed by atoms with Gasteiger partial charge >= 0.3 is 0 Å². The lowest BCUT2D eigenvalue weighted by Crippen LogP contribution is -2.31. The molecule has 0 saturated carbocycles. The van der Waals surface area contributed by atoms with E-state index in [1.165, 1.54) is 0 Å². The lowest BCUT2D eigenvalue weighted by molar-refractivity contribution is -0.123. The molecule has 26 heavy (non-hydrogen) atoms. The van der Waals surface area contributed by atoms with Crippen LogP contribution < -0.4 is 10.1 Å². The molecule has 2 aromatic carbocycles. The van der Waals surface area contributed by atoms with Crippen LogP contribution in [-0.4, -0.2) is 17.5 Å². The quantitative estimate of drug-likeness (QED) is 0.660. The number of nitrogens with zero attached hydrogens (tertiary/aromatic N) is 1. The van der Waals surface area contributed by atoms with Crippen LogP contribution in [0.1, 0.15) is 24.2 Å². The normalized spacial score (nSPS) is 12.0. The number of aryl methyl sites for hydroxylation is 1. The zero-order valence-corrected chi connectivity index (χ0v) is 15.9. The first-order valence-corrected chi connectivity index (χ1v) is 8.94. The highest BCUT2D eigenvalue weighted by Gasteiger charge is 2.16. The van der Waals surface area contributed by atoms with Gasteiger partial charge in [0.25, 0.3) is 5.91 Å². The summed E-state index contributed by atoms with van der Waals surface area (Å²) in [6.07, 6.45) is 0. The number of carbonyl (C=O) groups is 1. The maximum absolute atomic E-state index is 12.3. The molecular formula is C20H18Cl2N2O2. The van der Waals surface area contributed by atoms with E-state index in [9.17, 15) is 4.79 Å². The van der Waals surface area contributed by atoms with E-state index in [1.807, 2.05) is 56.3 Å². The van der Waals surface area contributed by atoms with E-state index in [2.05, 4.69) is 10.3 Å². The van der Waals surface area contributed by atoms with E-state index in [-0.39, 0.29) is 18.6 Å². The molecule has 0 saturated heterocycles. The average molecular weight is 389 g/mol. The van der Waals surface area contributed by atoms with Crippen molar-refractivity contribution in [3.63, 3.8) is 0 Å². The van der Waals surface area contributed by atoms with Gasteiger partial charge in [-0.05, 0) is 37.6 Å². The fraction of sp³-hybridized carbons (Fsp3) is 0.200. The molecule has 0 aliphatic heterocycles. The second kappa shape index (κ2) is 7.94. The maximum atomic E-state index is 12.3. The van der Waals surface area contributed by atoms with Crippen LogP contribution in [0.2, 0.25) is 10.0 Å². The van der Waals surface area contributed by atoms with Gasteiger partial charge in [0, 0.05) is 11.1 Å². The SMILES string of the molecule is Cc1ccc2c(Cl)cc(Cl)c(OCC(=O)NC(C)c3ccccc3)c2n1. The molecular weight excluding hydrogens is 371 g/mol. The molecule has 1 N–H and O–H groups in total. The van der Waals surface area contributed by atoms with Crippen LogP contribution in [0.15, 0.2) is 48.5 Å². The van der Waals surface area contributed by atoms with Gasteiger partial charge in [-0.3, -0.25) is 4.79 Å². The molecule has 3 rings (SSSR count). The molecule has 3 aromatic rings. The van der Waals surface area contributed by atoms with Gasteiger partial charge < -0.3 is 10.1 Å². The summed E-state index contributed by atoms with van der Waals surface area (Å²) < 4.78 is 5.69. The number of pyridine rings is 1. The van der Waals surface area contributed by atoms with Crippen LogP contribution in [0, 0.1) is 6.92 Å². The number of amides is 1. The molecule has 0 aliphatic rings. The fourth-order valence-electron chi connectivity index (χ4n) is 2.67. The van der Waals surface area contributed by atoms with E-state index in [0.29, 0.717) is 21.3 Å². The average Bonchev–Trinajstić information content (AvgIpc) is 2.62. The minimum atomic E-state index is -0.242. The summed E-state index contributed by atoms with van der Waals surface area (Å²) in [4.78, 5) is 16.7. The molecule has 0 fully saturated rings. The number of ether oxygens (including phenoxy) is 1. The first kappa shape index (κ1) is 18.5. The van der Waals surface area contributed by atoms with Crippen LogP contribution in [0.25, 0.3) is 10.9 Å². The number of benzene rings is 2. The van der Waals surface area contributed by atoms with Crippen molar-refractivity contribution in [1.82, 2.24) is 10.3 Å². The molecule has 0 bridgehead atoms. The number of halogens is 2. The molecule has 134 valence electrons. The van der Waals surface area contributed by atoms with E-state index >= 15 is 0 Å². The van der Waals surface area contributed by atoms with Gasteiger partial charge in [0.2, 0.25) is 0 Å². The number of hydrogen-bond donors (Lipinski definition) is 1. The van der Waals surface area contributed by atoms with Crippen molar-refractivity contribution in [2.24, 2.45) is 0 Å². The Kier molecular flexibility index (Phi) is 5.64. The number of rotatable bonds is 5. The predicted molar refractivity (Wildman–Crippen MR) is 105 cm³/mol. The van der Waals surface area contributed by atoms with Crippen molar-refractivity contribution in [1.29, 1.82) is 0 Å². The first-order valence-electron chi connectivity index (χ1n) is 8.18. The van der Waals surface area contributed by atoms with Crippen LogP contribution in [0.3, 0.4) is 0 Å². The Hall–Kier alpha value is -2.30. The number of aromatic nitrogens is 1. The molecule has 0 aliphatic carbocycles. The largest absolute Gasteiger partial charge is 0.480 e. The highest BCUT2D eigenvalue weighted by Crippen LogP contribution is 2.37. The topological polar surface area (TPSA) is 51.2 Å². The van der Waals surface area contributed by atoms with Crippen LogP contribution in [0.5, 0.6) is 5.75 Å². The molecule has 0 radical (unpaired) electrons. The highest BCUT2D eigenvalue weighted by atomic mass is 35.5. The summed E-state index contributed by atoms with van der Waals surface area (Å²) in [6, 6.07) is 14.9. The summed E-state index contributed by atoms with van der Waals surface area (Å²) in [5.41, 5.74) is 2.38. The molecule has 1 amide bonds. The first-order chi connectivity index (χ1) is 12.5. The smallest absolute Gasteiger partial charge is 0.258 e. The molecule has 1 heterocycles. The van der Waals surface area contributed by atoms with Gasteiger partial charge in [-0.25, -0.2) is 4.98 Å². The Morgan fingerprint density at radius 2 is 1.88 bits per heavy atom. The van der Waals surface area contributed by atoms with Crippen molar-refractivity contribution in [3.8, 4) is 5.75 Å². The summed E-state index contributed by atoms with van der Waals surface area (Å²) in [5.74, 6) is 0.116. The van der Waals surface area contributed by atoms with E-state index in [0.717, 1.165) is 16.6 Å². The van der Waals surface area contributed by atoms with Gasteiger partial charge in [0.15, 0.2) is 12.4 Å². The molecule has 1 aromatic heterocycles. The van der Waals surface area contributed by atoms with E-state index < -0.39 is 0 Å². The molecule has 1 atom stereocenters. The zero-order chi connectivity index (χ0) is 18.7. The Labute approximate surface area is 162 Å². The van der Waals surface area contributed by atoms with Gasteiger partial charge in [-0.2, -0.15) is 0 Å². The minimum absolute atomic E-state index is 0.120. The second-order valence-electron chi connectivity index (χ2n) is 6.01. The second-order valence-corrected chi connectivity index (χ2v) is 6.82.